The molecule has 0 saturated heterocycles. The van der Waals surface area contributed by atoms with Crippen LogP contribution in [0.1, 0.15) is 30.0 Å². The lowest BCUT2D eigenvalue weighted by Crippen LogP contribution is -2.16. The van der Waals surface area contributed by atoms with Crippen molar-refractivity contribution in [1.82, 2.24) is 0 Å². The highest BCUT2D eigenvalue weighted by Crippen LogP contribution is 2.34. The number of hydrogen-bond donors (Lipinski definition) is 2. The van der Waals surface area contributed by atoms with Crippen LogP contribution in [0.2, 0.25) is 0 Å². The van der Waals surface area contributed by atoms with E-state index in [1.165, 1.54) is 6.07 Å². The number of alkyl halides is 3. The first-order chi connectivity index (χ1) is 7.88. The van der Waals surface area contributed by atoms with Crippen LogP contribution in [0.3, 0.4) is 0 Å². The summed E-state index contributed by atoms with van der Waals surface area (Å²) in [6.07, 6.45) is -4.18. The summed E-state index contributed by atoms with van der Waals surface area (Å²) in [5, 5.41) is 8.59. The van der Waals surface area contributed by atoms with Crippen LogP contribution < -0.4 is 5.73 Å². The van der Waals surface area contributed by atoms with E-state index in [-0.39, 0.29) is 31.0 Å². The SMILES string of the molecule is Cl.N[C@@H](CCCO)c1cccc(C(F)(F)F)c1F. The first-order valence-electron chi connectivity index (χ1n) is 5.10. The van der Waals surface area contributed by atoms with Crippen molar-refractivity contribution in [3.63, 3.8) is 0 Å². The first-order valence-corrected chi connectivity index (χ1v) is 5.10. The smallest absolute Gasteiger partial charge is 0.396 e. The molecule has 1 rings (SSSR count). The molecule has 0 aliphatic heterocycles. The molecule has 0 amide bonds. The van der Waals surface area contributed by atoms with E-state index < -0.39 is 23.6 Å². The summed E-state index contributed by atoms with van der Waals surface area (Å²) in [5.74, 6) is -1.33. The Balaban J connectivity index is 0.00000289. The number of nitrogens with two attached hydrogens (primary N) is 1. The minimum Gasteiger partial charge on any atom is -0.396 e. The average Bonchev–Trinajstić information content (AvgIpc) is 2.24. The Morgan fingerprint density at radius 3 is 2.39 bits per heavy atom. The van der Waals surface area contributed by atoms with Gasteiger partial charge < -0.3 is 10.8 Å². The van der Waals surface area contributed by atoms with Crippen molar-refractivity contribution >= 4 is 12.4 Å². The highest BCUT2D eigenvalue weighted by atomic mass is 35.5. The monoisotopic (exact) mass is 287 g/mol. The molecular formula is C11H14ClF4NO. The van der Waals surface area contributed by atoms with Crippen molar-refractivity contribution in [2.45, 2.75) is 25.1 Å². The fourth-order valence-corrected chi connectivity index (χ4v) is 1.52. The molecule has 0 saturated carbocycles. The fraction of sp³-hybridized carbons (Fsp3) is 0.455. The van der Waals surface area contributed by atoms with Gasteiger partial charge in [-0.25, -0.2) is 4.39 Å². The van der Waals surface area contributed by atoms with Crippen molar-refractivity contribution < 1.29 is 22.7 Å². The van der Waals surface area contributed by atoms with Gasteiger partial charge in [0.25, 0.3) is 0 Å². The molecule has 0 aliphatic rings. The summed E-state index contributed by atoms with van der Waals surface area (Å²) in [7, 11) is 0. The predicted octanol–water partition coefficient (Wildman–Crippen LogP) is 3.04. The number of hydrogen-bond acceptors (Lipinski definition) is 2. The van der Waals surface area contributed by atoms with Crippen LogP contribution in [0.25, 0.3) is 0 Å². The van der Waals surface area contributed by atoms with E-state index in [1.807, 2.05) is 0 Å². The van der Waals surface area contributed by atoms with Crippen LogP contribution in [-0.4, -0.2) is 11.7 Å². The van der Waals surface area contributed by atoms with Crippen molar-refractivity contribution in [2.24, 2.45) is 5.73 Å². The Bertz CT molecular complexity index is 384. The average molecular weight is 288 g/mol. The van der Waals surface area contributed by atoms with Crippen molar-refractivity contribution in [3.05, 3.63) is 35.1 Å². The molecule has 0 bridgehead atoms. The molecule has 0 heterocycles. The van der Waals surface area contributed by atoms with E-state index in [0.717, 1.165) is 6.07 Å². The summed E-state index contributed by atoms with van der Waals surface area (Å²) >= 11 is 0. The van der Waals surface area contributed by atoms with Crippen LogP contribution in [-0.2, 0) is 6.18 Å². The molecule has 2 nitrogen and oxygen atoms in total. The zero-order valence-corrected chi connectivity index (χ0v) is 10.2. The van der Waals surface area contributed by atoms with E-state index >= 15 is 0 Å². The largest absolute Gasteiger partial charge is 0.419 e. The maximum atomic E-state index is 13.6. The maximum absolute atomic E-state index is 13.6. The molecular weight excluding hydrogens is 274 g/mol. The van der Waals surface area contributed by atoms with Gasteiger partial charge in [-0.3, -0.25) is 0 Å². The zero-order chi connectivity index (χ0) is 13.1. The molecule has 0 radical (unpaired) electrons. The standard InChI is InChI=1S/C11H13F4NO.ClH/c12-10-7(9(16)5-2-6-17)3-1-4-8(10)11(13,14)15;/h1,3-4,9,17H,2,5-6,16H2;1H/t9-;/m0./s1. The topological polar surface area (TPSA) is 46.2 Å². The van der Waals surface area contributed by atoms with Gasteiger partial charge in [0.1, 0.15) is 5.82 Å². The van der Waals surface area contributed by atoms with Gasteiger partial charge in [-0.2, -0.15) is 13.2 Å². The molecule has 0 unspecified atom stereocenters. The number of rotatable bonds is 4. The Hall–Kier alpha value is -0.850. The van der Waals surface area contributed by atoms with Crippen molar-refractivity contribution in [3.8, 4) is 0 Å². The van der Waals surface area contributed by atoms with Crippen LogP contribution in [0, 0.1) is 5.82 Å². The van der Waals surface area contributed by atoms with Crippen molar-refractivity contribution in [2.75, 3.05) is 6.61 Å². The van der Waals surface area contributed by atoms with Gasteiger partial charge in [-0.05, 0) is 18.9 Å². The number of benzene rings is 1. The molecule has 104 valence electrons. The zero-order valence-electron chi connectivity index (χ0n) is 9.38. The lowest BCUT2D eigenvalue weighted by molar-refractivity contribution is -0.140. The molecule has 0 aromatic heterocycles. The van der Waals surface area contributed by atoms with Gasteiger partial charge in [-0.1, -0.05) is 12.1 Å². The summed E-state index contributed by atoms with van der Waals surface area (Å²) in [6, 6.07) is 2.19. The summed E-state index contributed by atoms with van der Waals surface area (Å²) in [5.41, 5.74) is 4.09. The number of halogens is 5. The Morgan fingerprint density at radius 1 is 1.28 bits per heavy atom. The summed E-state index contributed by atoms with van der Waals surface area (Å²) in [4.78, 5) is 0. The third kappa shape index (κ3) is 4.12. The van der Waals surface area contributed by atoms with Gasteiger partial charge >= 0.3 is 6.18 Å². The van der Waals surface area contributed by atoms with Gasteiger partial charge in [0.15, 0.2) is 0 Å². The van der Waals surface area contributed by atoms with E-state index in [9.17, 15) is 17.6 Å². The predicted molar refractivity (Wildman–Crippen MR) is 61.9 cm³/mol. The van der Waals surface area contributed by atoms with Gasteiger partial charge in [0.2, 0.25) is 0 Å². The summed E-state index contributed by atoms with van der Waals surface area (Å²) < 4.78 is 50.9. The van der Waals surface area contributed by atoms with Crippen molar-refractivity contribution in [1.29, 1.82) is 0 Å². The first kappa shape index (κ1) is 17.2. The van der Waals surface area contributed by atoms with Crippen LogP contribution in [0.4, 0.5) is 17.6 Å². The molecule has 7 heteroatoms. The Morgan fingerprint density at radius 2 is 1.89 bits per heavy atom. The molecule has 3 N–H and O–H groups in total. The van der Waals surface area contributed by atoms with E-state index in [0.29, 0.717) is 12.5 Å². The minimum absolute atomic E-state index is 0. The molecule has 0 spiro atoms. The van der Waals surface area contributed by atoms with E-state index in [4.69, 9.17) is 10.8 Å². The second kappa shape index (κ2) is 6.92. The molecule has 0 aliphatic carbocycles. The Kier molecular flexibility index (Phi) is 6.59. The fourth-order valence-electron chi connectivity index (χ4n) is 1.52. The summed E-state index contributed by atoms with van der Waals surface area (Å²) in [6.45, 7) is -0.131. The van der Waals surface area contributed by atoms with Gasteiger partial charge in [0.05, 0.1) is 5.56 Å². The van der Waals surface area contributed by atoms with Gasteiger partial charge in [0, 0.05) is 18.2 Å². The van der Waals surface area contributed by atoms with Gasteiger partial charge in [-0.15, -0.1) is 12.4 Å². The number of aliphatic hydroxyl groups is 1. The van der Waals surface area contributed by atoms with E-state index in [2.05, 4.69) is 0 Å². The molecule has 1 atom stereocenters. The van der Waals surface area contributed by atoms with Crippen LogP contribution >= 0.6 is 12.4 Å². The third-order valence-corrected chi connectivity index (χ3v) is 2.41. The highest BCUT2D eigenvalue weighted by molar-refractivity contribution is 5.85. The second-order valence-corrected chi connectivity index (χ2v) is 3.68. The van der Waals surface area contributed by atoms with E-state index in [1.54, 1.807) is 0 Å². The number of aliphatic hydroxyl groups excluding tert-OH is 1. The highest BCUT2D eigenvalue weighted by Gasteiger charge is 2.35. The Labute approximate surface area is 108 Å². The lowest BCUT2D eigenvalue weighted by Gasteiger charge is -2.15. The normalized spacial score (nSPS) is 13.0. The molecule has 1 aromatic rings. The second-order valence-electron chi connectivity index (χ2n) is 3.68. The van der Waals surface area contributed by atoms with Crippen LogP contribution in [0.15, 0.2) is 18.2 Å². The molecule has 18 heavy (non-hydrogen) atoms. The quantitative estimate of drug-likeness (QED) is 0.836. The van der Waals surface area contributed by atoms with Crippen LogP contribution in [0.5, 0.6) is 0 Å². The lowest BCUT2D eigenvalue weighted by atomic mass is 9.99. The molecule has 1 aromatic carbocycles. The third-order valence-electron chi connectivity index (χ3n) is 2.41. The minimum atomic E-state index is -4.73. The molecule has 0 fully saturated rings. The maximum Gasteiger partial charge on any atom is 0.419 e.